The van der Waals surface area contributed by atoms with Crippen molar-refractivity contribution in [3.8, 4) is 0 Å². The van der Waals surface area contributed by atoms with Crippen LogP contribution in [-0.2, 0) is 16.0 Å². The van der Waals surface area contributed by atoms with E-state index in [4.69, 9.17) is 21.4 Å². The lowest BCUT2D eigenvalue weighted by molar-refractivity contribution is -0.139. The SMILES string of the molecule is CC(C)(C)OC(=O)NC(Cc1[nH]ncc1Cl)C(=O)O. The molecule has 0 saturated heterocycles. The van der Waals surface area contributed by atoms with Gasteiger partial charge < -0.3 is 15.2 Å². The Morgan fingerprint density at radius 3 is 2.63 bits per heavy atom. The third kappa shape index (κ3) is 5.17. The molecule has 1 heterocycles. The van der Waals surface area contributed by atoms with E-state index in [1.807, 2.05) is 0 Å². The Hall–Kier alpha value is -1.76. The molecule has 1 atom stereocenters. The number of ether oxygens (including phenoxy) is 1. The summed E-state index contributed by atoms with van der Waals surface area (Å²) in [6.07, 6.45) is 0.562. The van der Waals surface area contributed by atoms with Crippen molar-refractivity contribution in [1.29, 1.82) is 0 Å². The van der Waals surface area contributed by atoms with Gasteiger partial charge in [0, 0.05) is 6.42 Å². The highest BCUT2D eigenvalue weighted by molar-refractivity contribution is 6.31. The predicted octanol–water partition coefficient (Wildman–Crippen LogP) is 1.58. The van der Waals surface area contributed by atoms with Crippen LogP contribution in [0.5, 0.6) is 0 Å². The van der Waals surface area contributed by atoms with Crippen LogP contribution in [0.2, 0.25) is 5.02 Å². The number of alkyl carbamates (subject to hydrolysis) is 1. The Balaban J connectivity index is 2.67. The molecule has 19 heavy (non-hydrogen) atoms. The van der Waals surface area contributed by atoms with Crippen LogP contribution in [0.1, 0.15) is 26.5 Å². The standard InChI is InChI=1S/C11H16ClN3O4/c1-11(2,3)19-10(18)14-8(9(16)17)4-7-6(12)5-13-15-7/h5,8H,4H2,1-3H3,(H,13,15)(H,14,18)(H,16,17). The van der Waals surface area contributed by atoms with Crippen LogP contribution in [0.3, 0.4) is 0 Å². The number of hydrogen-bond donors (Lipinski definition) is 3. The molecule has 0 fully saturated rings. The van der Waals surface area contributed by atoms with Gasteiger partial charge in [-0.15, -0.1) is 0 Å². The number of carboxylic acids is 1. The topological polar surface area (TPSA) is 104 Å². The summed E-state index contributed by atoms with van der Waals surface area (Å²) in [4.78, 5) is 22.6. The highest BCUT2D eigenvalue weighted by Crippen LogP contribution is 2.14. The van der Waals surface area contributed by atoms with E-state index in [2.05, 4.69) is 15.5 Å². The third-order valence-corrected chi connectivity index (χ3v) is 2.39. The third-order valence-electron chi connectivity index (χ3n) is 2.06. The average molecular weight is 290 g/mol. The molecular weight excluding hydrogens is 274 g/mol. The maximum absolute atomic E-state index is 11.5. The lowest BCUT2D eigenvalue weighted by atomic mass is 10.1. The first kappa shape index (κ1) is 15.3. The van der Waals surface area contributed by atoms with E-state index in [0.29, 0.717) is 10.7 Å². The van der Waals surface area contributed by atoms with Crippen molar-refractivity contribution in [2.75, 3.05) is 0 Å². The number of carbonyl (C=O) groups excluding carboxylic acids is 1. The summed E-state index contributed by atoms with van der Waals surface area (Å²) in [5.41, 5.74) is -0.260. The Bertz CT molecular complexity index is 467. The first-order chi connectivity index (χ1) is 8.69. The number of nitrogens with zero attached hydrogens (tertiary/aromatic N) is 1. The summed E-state index contributed by atoms with van der Waals surface area (Å²) >= 11 is 5.80. The lowest BCUT2D eigenvalue weighted by Crippen LogP contribution is -2.44. The quantitative estimate of drug-likeness (QED) is 0.780. The molecule has 0 aromatic carbocycles. The molecule has 0 aliphatic rings. The van der Waals surface area contributed by atoms with Crippen molar-refractivity contribution in [1.82, 2.24) is 15.5 Å². The number of H-pyrrole nitrogens is 1. The van der Waals surface area contributed by atoms with Crippen LogP contribution in [0.15, 0.2) is 6.20 Å². The van der Waals surface area contributed by atoms with Gasteiger partial charge in [0.15, 0.2) is 0 Å². The number of rotatable bonds is 4. The fraction of sp³-hybridized carbons (Fsp3) is 0.545. The van der Waals surface area contributed by atoms with Gasteiger partial charge in [0.1, 0.15) is 11.6 Å². The molecule has 1 unspecified atom stereocenters. The molecule has 1 aromatic rings. The highest BCUT2D eigenvalue weighted by atomic mass is 35.5. The largest absolute Gasteiger partial charge is 0.480 e. The molecular formula is C11H16ClN3O4. The monoisotopic (exact) mass is 289 g/mol. The highest BCUT2D eigenvalue weighted by Gasteiger charge is 2.25. The molecule has 0 aliphatic carbocycles. The molecule has 1 rings (SSSR count). The van der Waals surface area contributed by atoms with Gasteiger partial charge in [-0.2, -0.15) is 5.10 Å². The molecule has 1 aromatic heterocycles. The number of halogens is 1. The molecule has 7 nitrogen and oxygen atoms in total. The van der Waals surface area contributed by atoms with Crippen molar-refractivity contribution < 1.29 is 19.4 Å². The van der Waals surface area contributed by atoms with E-state index in [1.54, 1.807) is 20.8 Å². The first-order valence-electron chi connectivity index (χ1n) is 5.59. The molecule has 0 spiro atoms. The van der Waals surface area contributed by atoms with E-state index < -0.39 is 23.7 Å². The number of carboxylic acid groups (broad SMARTS) is 1. The summed E-state index contributed by atoms with van der Waals surface area (Å²) < 4.78 is 5.00. The van der Waals surface area contributed by atoms with Crippen LogP contribution in [0.4, 0.5) is 4.79 Å². The van der Waals surface area contributed by atoms with Gasteiger partial charge in [0.2, 0.25) is 0 Å². The van der Waals surface area contributed by atoms with Crippen molar-refractivity contribution in [2.24, 2.45) is 0 Å². The summed E-state index contributed by atoms with van der Waals surface area (Å²) in [6, 6.07) is -1.15. The van der Waals surface area contributed by atoms with E-state index in [-0.39, 0.29) is 6.42 Å². The second-order valence-corrected chi connectivity index (χ2v) is 5.34. The Morgan fingerprint density at radius 1 is 1.58 bits per heavy atom. The minimum absolute atomic E-state index is 0.00654. The van der Waals surface area contributed by atoms with Crippen LogP contribution < -0.4 is 5.32 Å². The van der Waals surface area contributed by atoms with Gasteiger partial charge in [0.05, 0.1) is 16.9 Å². The zero-order chi connectivity index (χ0) is 14.6. The maximum atomic E-state index is 11.5. The molecule has 106 valence electrons. The second kappa shape index (κ2) is 5.92. The molecule has 0 bridgehead atoms. The van der Waals surface area contributed by atoms with Crippen molar-refractivity contribution in [2.45, 2.75) is 38.8 Å². The van der Waals surface area contributed by atoms with Gasteiger partial charge in [0.25, 0.3) is 0 Å². The predicted molar refractivity (Wildman–Crippen MR) is 68.1 cm³/mol. The van der Waals surface area contributed by atoms with E-state index in [0.717, 1.165) is 0 Å². The molecule has 1 amide bonds. The Kier molecular flexibility index (Phi) is 4.77. The number of aromatic amines is 1. The number of amides is 1. The van der Waals surface area contributed by atoms with Crippen LogP contribution in [0.25, 0.3) is 0 Å². The number of carbonyl (C=O) groups is 2. The molecule has 0 aliphatic heterocycles. The van der Waals surface area contributed by atoms with E-state index in [9.17, 15) is 9.59 Å². The van der Waals surface area contributed by atoms with Crippen LogP contribution in [0, 0.1) is 0 Å². The summed E-state index contributed by atoms with van der Waals surface area (Å²) in [6.45, 7) is 5.07. The minimum atomic E-state index is -1.18. The number of aliphatic carboxylic acids is 1. The van der Waals surface area contributed by atoms with Crippen molar-refractivity contribution in [3.63, 3.8) is 0 Å². The van der Waals surface area contributed by atoms with Gasteiger partial charge in [-0.1, -0.05) is 11.6 Å². The molecule has 3 N–H and O–H groups in total. The van der Waals surface area contributed by atoms with E-state index in [1.165, 1.54) is 6.20 Å². The number of nitrogens with one attached hydrogen (secondary N) is 2. The summed E-state index contributed by atoms with van der Waals surface area (Å²) in [5, 5.41) is 17.9. The average Bonchev–Trinajstić information content (AvgIpc) is 2.60. The normalized spacial score (nSPS) is 12.8. The minimum Gasteiger partial charge on any atom is -0.480 e. The van der Waals surface area contributed by atoms with Gasteiger partial charge in [-0.05, 0) is 20.8 Å². The Labute approximate surface area is 115 Å². The van der Waals surface area contributed by atoms with Gasteiger partial charge in [-0.3, -0.25) is 5.10 Å². The molecule has 0 saturated carbocycles. The van der Waals surface area contributed by atoms with Crippen LogP contribution >= 0.6 is 11.6 Å². The number of aromatic nitrogens is 2. The zero-order valence-electron chi connectivity index (χ0n) is 10.9. The van der Waals surface area contributed by atoms with Crippen molar-refractivity contribution >= 4 is 23.7 Å². The lowest BCUT2D eigenvalue weighted by Gasteiger charge is -2.21. The summed E-state index contributed by atoms with van der Waals surface area (Å²) in [7, 11) is 0. The van der Waals surface area contributed by atoms with Crippen molar-refractivity contribution in [3.05, 3.63) is 16.9 Å². The fourth-order valence-electron chi connectivity index (χ4n) is 1.30. The second-order valence-electron chi connectivity index (χ2n) is 4.94. The fourth-order valence-corrected chi connectivity index (χ4v) is 1.46. The van der Waals surface area contributed by atoms with Gasteiger partial charge >= 0.3 is 12.1 Å². The van der Waals surface area contributed by atoms with Gasteiger partial charge in [-0.25, -0.2) is 9.59 Å². The number of hydrogen-bond acceptors (Lipinski definition) is 4. The first-order valence-corrected chi connectivity index (χ1v) is 5.97. The molecule has 0 radical (unpaired) electrons. The Morgan fingerprint density at radius 2 is 2.21 bits per heavy atom. The molecule has 8 heteroatoms. The smallest absolute Gasteiger partial charge is 0.408 e. The summed E-state index contributed by atoms with van der Waals surface area (Å²) in [5.74, 6) is -1.18. The maximum Gasteiger partial charge on any atom is 0.408 e. The van der Waals surface area contributed by atoms with Crippen LogP contribution in [-0.4, -0.2) is 39.0 Å². The zero-order valence-corrected chi connectivity index (χ0v) is 11.6. The van der Waals surface area contributed by atoms with E-state index >= 15 is 0 Å².